The molecule has 0 amide bonds. The van der Waals surface area contributed by atoms with E-state index in [0.29, 0.717) is 28.6 Å². The molecule has 0 spiro atoms. The molecule has 0 saturated heterocycles. The zero-order valence-electron chi connectivity index (χ0n) is 12.9. The molecule has 3 aliphatic carbocycles. The highest BCUT2D eigenvalue weighted by molar-refractivity contribution is 7.89. The monoisotopic (exact) mass is 329 g/mol. The van der Waals surface area contributed by atoms with Crippen molar-refractivity contribution in [3.05, 3.63) is 42.0 Å². The summed E-state index contributed by atoms with van der Waals surface area (Å²) in [4.78, 5) is 0.312. The van der Waals surface area contributed by atoms with E-state index in [1.54, 1.807) is 12.1 Å². The van der Waals surface area contributed by atoms with Gasteiger partial charge in [0.2, 0.25) is 0 Å². The predicted molar refractivity (Wildman–Crippen MR) is 85.0 cm³/mol. The molecule has 0 N–H and O–H groups in total. The van der Waals surface area contributed by atoms with E-state index in [9.17, 15) is 8.42 Å². The first-order valence-corrected chi connectivity index (χ1v) is 9.70. The second-order valence-corrected chi connectivity index (χ2v) is 9.04. The quantitative estimate of drug-likeness (QED) is 0.783. The lowest BCUT2D eigenvalue weighted by Gasteiger charge is -2.35. The molecule has 2 bridgehead atoms. The van der Waals surface area contributed by atoms with Gasteiger partial charge in [-0.15, -0.1) is 0 Å². The summed E-state index contributed by atoms with van der Waals surface area (Å²) in [5.41, 5.74) is 1.05. The Hall–Kier alpha value is -1.69. The number of sulfonamides is 1. The summed E-state index contributed by atoms with van der Waals surface area (Å²) in [6.45, 7) is 1.95. The normalized spacial score (nSPS) is 40.0. The third-order valence-corrected chi connectivity index (χ3v) is 7.85. The van der Waals surface area contributed by atoms with E-state index < -0.39 is 10.0 Å². The number of allylic oxidation sites excluding steroid dienone is 2. The number of aryl methyl sites for hydroxylation is 1. The third-order valence-electron chi connectivity index (χ3n) is 6.17. The molecule has 2 saturated carbocycles. The standard InChI is InChI=1S/C17H19N3O2S/c1-10-5-7-11(8-6-10)23(21,22)20-17-15-9-14(16(17)18-19-20)12-3-2-4-13(12)15/h2-3,5-8,12-17H,4,9H2,1H3/t12-,13-,14+,15-,16-,17-/m0/s1. The zero-order valence-corrected chi connectivity index (χ0v) is 13.7. The maximum absolute atomic E-state index is 13.0. The van der Waals surface area contributed by atoms with Crippen LogP contribution in [0.3, 0.4) is 0 Å². The van der Waals surface area contributed by atoms with Gasteiger partial charge in [0.1, 0.15) is 0 Å². The molecule has 1 aliphatic heterocycles. The van der Waals surface area contributed by atoms with Gasteiger partial charge < -0.3 is 0 Å². The minimum absolute atomic E-state index is 0.0456. The van der Waals surface area contributed by atoms with Crippen LogP contribution in [0.15, 0.2) is 51.7 Å². The van der Waals surface area contributed by atoms with Gasteiger partial charge in [0.25, 0.3) is 10.0 Å². The second-order valence-electron chi connectivity index (χ2n) is 7.25. The number of benzene rings is 1. The van der Waals surface area contributed by atoms with Gasteiger partial charge in [-0.25, -0.2) is 0 Å². The Kier molecular flexibility index (Phi) is 2.65. The van der Waals surface area contributed by atoms with E-state index in [1.165, 1.54) is 4.41 Å². The third kappa shape index (κ3) is 1.70. The van der Waals surface area contributed by atoms with Crippen LogP contribution in [0.4, 0.5) is 0 Å². The summed E-state index contributed by atoms with van der Waals surface area (Å²) in [7, 11) is -3.61. The predicted octanol–water partition coefficient (Wildman–Crippen LogP) is 2.95. The van der Waals surface area contributed by atoms with Crippen molar-refractivity contribution in [2.75, 3.05) is 0 Å². The minimum Gasteiger partial charge on any atom is -0.200 e. The molecule has 0 aromatic heterocycles. The Bertz CT molecular complexity index is 815. The summed E-state index contributed by atoms with van der Waals surface area (Å²) >= 11 is 0. The lowest BCUT2D eigenvalue weighted by molar-refractivity contribution is 0.177. The summed E-state index contributed by atoms with van der Waals surface area (Å²) < 4.78 is 27.3. The van der Waals surface area contributed by atoms with Crippen molar-refractivity contribution in [2.24, 2.45) is 34.0 Å². The summed E-state index contributed by atoms with van der Waals surface area (Å²) in [6, 6.07) is 6.96. The van der Waals surface area contributed by atoms with Crippen molar-refractivity contribution in [1.29, 1.82) is 0 Å². The topological polar surface area (TPSA) is 62.1 Å². The summed E-state index contributed by atoms with van der Waals surface area (Å²) in [6.07, 6.45) is 6.74. The van der Waals surface area contributed by atoms with Crippen molar-refractivity contribution in [1.82, 2.24) is 4.41 Å². The van der Waals surface area contributed by atoms with E-state index in [2.05, 4.69) is 22.5 Å². The van der Waals surface area contributed by atoms with Gasteiger partial charge in [-0.3, -0.25) is 0 Å². The number of hydrogen-bond donors (Lipinski definition) is 0. The first-order valence-electron chi connectivity index (χ1n) is 8.26. The van der Waals surface area contributed by atoms with Gasteiger partial charge in [-0.2, -0.15) is 17.9 Å². The van der Waals surface area contributed by atoms with Gasteiger partial charge >= 0.3 is 0 Å². The van der Waals surface area contributed by atoms with Crippen LogP contribution in [0.5, 0.6) is 0 Å². The maximum Gasteiger partial charge on any atom is 0.280 e. The molecule has 6 atom stereocenters. The first kappa shape index (κ1) is 13.7. The molecular weight excluding hydrogens is 310 g/mol. The van der Waals surface area contributed by atoms with E-state index >= 15 is 0 Å². The van der Waals surface area contributed by atoms with Crippen LogP contribution in [0, 0.1) is 30.6 Å². The lowest BCUT2D eigenvalue weighted by atomic mass is 9.77. The van der Waals surface area contributed by atoms with Gasteiger partial charge in [0.05, 0.1) is 17.0 Å². The van der Waals surface area contributed by atoms with Gasteiger partial charge in [-0.1, -0.05) is 35.1 Å². The zero-order chi connectivity index (χ0) is 15.8. The average Bonchev–Trinajstić information content (AvgIpc) is 3.25. The fourth-order valence-electron chi connectivity index (χ4n) is 5.17. The highest BCUT2D eigenvalue weighted by Crippen LogP contribution is 2.60. The molecule has 4 aliphatic rings. The first-order chi connectivity index (χ1) is 11.1. The molecule has 1 aromatic carbocycles. The lowest BCUT2D eigenvalue weighted by Crippen LogP contribution is -2.46. The van der Waals surface area contributed by atoms with Crippen LogP contribution in [-0.4, -0.2) is 24.9 Å². The highest BCUT2D eigenvalue weighted by Gasteiger charge is 2.63. The van der Waals surface area contributed by atoms with Crippen LogP contribution in [-0.2, 0) is 10.0 Å². The average molecular weight is 329 g/mol. The molecule has 5 nitrogen and oxygen atoms in total. The fraction of sp³-hybridized carbons (Fsp3) is 0.529. The Morgan fingerprint density at radius 1 is 1.13 bits per heavy atom. The molecule has 5 rings (SSSR count). The molecular formula is C17H19N3O2S. The molecule has 1 heterocycles. The number of hydrogen-bond acceptors (Lipinski definition) is 4. The summed E-state index contributed by atoms with van der Waals surface area (Å²) in [5, 5.41) is 8.47. The van der Waals surface area contributed by atoms with Crippen molar-refractivity contribution in [2.45, 2.75) is 36.7 Å². The number of nitrogens with zero attached hydrogens (tertiary/aromatic N) is 3. The molecule has 0 radical (unpaired) electrons. The maximum atomic E-state index is 13.0. The Morgan fingerprint density at radius 3 is 2.70 bits per heavy atom. The van der Waals surface area contributed by atoms with Crippen LogP contribution in [0.1, 0.15) is 18.4 Å². The largest absolute Gasteiger partial charge is 0.280 e. The SMILES string of the molecule is Cc1ccc(S(=O)(=O)N2N=N[C@H]3[C@@H]4C[C@@H]([C@H]5CC=C[C@H]45)[C@@H]32)cc1. The number of rotatable bonds is 2. The minimum atomic E-state index is -3.61. The van der Waals surface area contributed by atoms with E-state index in [4.69, 9.17) is 0 Å². The van der Waals surface area contributed by atoms with Crippen molar-refractivity contribution >= 4 is 10.0 Å². The molecule has 1 aromatic rings. The van der Waals surface area contributed by atoms with Crippen LogP contribution in [0.25, 0.3) is 0 Å². The van der Waals surface area contributed by atoms with Gasteiger partial charge in [-0.05, 0) is 55.6 Å². The second kappa shape index (κ2) is 4.44. The molecule has 120 valence electrons. The van der Waals surface area contributed by atoms with Crippen molar-refractivity contribution in [3.8, 4) is 0 Å². The smallest absolute Gasteiger partial charge is 0.200 e. The Morgan fingerprint density at radius 2 is 1.91 bits per heavy atom. The molecule has 0 unspecified atom stereocenters. The Labute approximate surface area is 136 Å². The van der Waals surface area contributed by atoms with Gasteiger partial charge in [0.15, 0.2) is 0 Å². The van der Waals surface area contributed by atoms with E-state index in [-0.39, 0.29) is 12.1 Å². The van der Waals surface area contributed by atoms with E-state index in [1.807, 2.05) is 19.1 Å². The number of fused-ring (bicyclic) bond motifs is 8. The Balaban J connectivity index is 1.51. The highest BCUT2D eigenvalue weighted by atomic mass is 32.2. The van der Waals surface area contributed by atoms with Crippen LogP contribution >= 0.6 is 0 Å². The molecule has 6 heteroatoms. The van der Waals surface area contributed by atoms with Gasteiger partial charge in [0, 0.05) is 0 Å². The van der Waals surface area contributed by atoms with Crippen molar-refractivity contribution < 1.29 is 8.42 Å². The fourth-order valence-corrected chi connectivity index (χ4v) is 6.61. The van der Waals surface area contributed by atoms with E-state index in [0.717, 1.165) is 18.4 Å². The molecule has 23 heavy (non-hydrogen) atoms. The summed E-state index contributed by atoms with van der Waals surface area (Å²) in [5.74, 6) is 2.03. The van der Waals surface area contributed by atoms with Crippen molar-refractivity contribution in [3.63, 3.8) is 0 Å². The van der Waals surface area contributed by atoms with Crippen LogP contribution in [0.2, 0.25) is 0 Å². The van der Waals surface area contributed by atoms with Crippen LogP contribution < -0.4 is 0 Å². The molecule has 2 fully saturated rings.